The first-order valence-electron chi connectivity index (χ1n) is 14.3. The molecule has 1 saturated heterocycles. The predicted octanol–water partition coefficient (Wildman–Crippen LogP) is 4.38. The summed E-state index contributed by atoms with van der Waals surface area (Å²) in [6, 6.07) is 9.25. The minimum absolute atomic E-state index is 0.0141. The predicted molar refractivity (Wildman–Crippen MR) is 145 cm³/mol. The van der Waals surface area contributed by atoms with E-state index in [0.717, 1.165) is 12.0 Å². The van der Waals surface area contributed by atoms with Crippen LogP contribution in [0.15, 0.2) is 42.0 Å². The van der Waals surface area contributed by atoms with Crippen LogP contribution in [0.25, 0.3) is 0 Å². The molecule has 8 heteroatoms. The molecule has 1 aromatic carbocycles. The highest BCUT2D eigenvalue weighted by molar-refractivity contribution is 6.03. The lowest BCUT2D eigenvalue weighted by Crippen LogP contribution is -2.58. The van der Waals surface area contributed by atoms with Crippen LogP contribution in [0.1, 0.15) is 66.4 Å². The van der Waals surface area contributed by atoms with E-state index < -0.39 is 47.2 Å². The Balaban J connectivity index is 1.61. The van der Waals surface area contributed by atoms with Gasteiger partial charge in [0.2, 0.25) is 5.78 Å². The molecular formula is C32H40O8. The minimum atomic E-state index is -1.68. The normalized spacial score (nSPS) is 39.0. The molecule has 40 heavy (non-hydrogen) atoms. The summed E-state index contributed by atoms with van der Waals surface area (Å²) in [5, 5.41) is 0. The standard InChI is InChI=1S/C32H40O8/c1-18-14-24-23(30(24,5)6)12-13-31(17-37-31)29(38-20(3)33)26-27(39-25(35)15-22-10-8-7-9-11-22)19(2)16-32(26,28(18)36)40-21(4)34/h7-11,14,19,23-24,26-27,29H,12-13,15-17H2,1-6H3/b18-14+/t19-,23+,24-,26+,27-,29-,31-,32-/m1/s1. The number of rotatable bonds is 5. The van der Waals surface area contributed by atoms with E-state index in [4.69, 9.17) is 18.9 Å². The zero-order valence-corrected chi connectivity index (χ0v) is 24.2. The van der Waals surface area contributed by atoms with E-state index in [1.165, 1.54) is 13.8 Å². The van der Waals surface area contributed by atoms with Gasteiger partial charge in [-0.05, 0) is 54.1 Å². The van der Waals surface area contributed by atoms with Crippen molar-refractivity contribution in [1.82, 2.24) is 0 Å². The second kappa shape index (κ2) is 10.1. The van der Waals surface area contributed by atoms with Crippen LogP contribution in [-0.4, -0.2) is 53.7 Å². The van der Waals surface area contributed by atoms with Gasteiger partial charge in [-0.15, -0.1) is 0 Å². The van der Waals surface area contributed by atoms with Crippen LogP contribution in [0.5, 0.6) is 0 Å². The fraction of sp³-hybridized carbons (Fsp3) is 0.625. The molecule has 3 aliphatic carbocycles. The maximum atomic E-state index is 14.5. The fourth-order valence-corrected chi connectivity index (χ4v) is 7.55. The summed E-state index contributed by atoms with van der Waals surface area (Å²) < 4.78 is 24.2. The number of carbonyl (C=O) groups is 4. The van der Waals surface area contributed by atoms with Gasteiger partial charge >= 0.3 is 17.9 Å². The van der Waals surface area contributed by atoms with Crippen molar-refractivity contribution in [3.05, 3.63) is 47.5 Å². The summed E-state index contributed by atoms with van der Waals surface area (Å²) >= 11 is 0. The Bertz CT molecular complexity index is 1230. The number of carbonyl (C=O) groups excluding carboxylic acids is 4. The molecule has 1 aliphatic heterocycles. The summed E-state index contributed by atoms with van der Waals surface area (Å²) in [5.74, 6) is -2.72. The van der Waals surface area contributed by atoms with Crippen molar-refractivity contribution < 1.29 is 38.1 Å². The second-order valence-corrected chi connectivity index (χ2v) is 12.9. The number of esters is 3. The van der Waals surface area contributed by atoms with Crippen molar-refractivity contribution in [2.45, 2.75) is 90.6 Å². The maximum Gasteiger partial charge on any atom is 0.310 e. The molecular weight excluding hydrogens is 512 g/mol. The van der Waals surface area contributed by atoms with Gasteiger partial charge in [0.05, 0.1) is 18.9 Å². The number of ketones is 1. The molecule has 8 atom stereocenters. The van der Waals surface area contributed by atoms with Gasteiger partial charge in [0.1, 0.15) is 17.8 Å². The molecule has 0 unspecified atom stereocenters. The first kappa shape index (κ1) is 28.5. The van der Waals surface area contributed by atoms with E-state index in [1.807, 2.05) is 43.3 Å². The average molecular weight is 553 g/mol. The number of hydrogen-bond donors (Lipinski definition) is 0. The van der Waals surface area contributed by atoms with E-state index in [2.05, 4.69) is 13.8 Å². The SMILES string of the molecule is CC(=O)O[C@@H]1[C@@H]2[C@H](OC(=O)Cc3ccccc3)[C@H](C)C[C@]2(OC(C)=O)C(=O)/C(C)=C/[C@@H]2[C@H](CC[C@@]13CO3)C2(C)C. The highest BCUT2D eigenvalue weighted by Gasteiger charge is 2.71. The zero-order chi connectivity index (χ0) is 29.0. The molecule has 1 heterocycles. The quantitative estimate of drug-likeness (QED) is 0.301. The molecule has 0 N–H and O–H groups in total. The summed E-state index contributed by atoms with van der Waals surface area (Å²) in [6.07, 6.45) is 1.85. The molecule has 216 valence electrons. The van der Waals surface area contributed by atoms with Crippen LogP contribution in [0.4, 0.5) is 0 Å². The van der Waals surface area contributed by atoms with Crippen LogP contribution >= 0.6 is 0 Å². The Morgan fingerprint density at radius 1 is 1.05 bits per heavy atom. The lowest BCUT2D eigenvalue weighted by Gasteiger charge is -2.41. The van der Waals surface area contributed by atoms with Crippen molar-refractivity contribution in [2.75, 3.05) is 6.61 Å². The van der Waals surface area contributed by atoms with E-state index in [1.54, 1.807) is 6.92 Å². The van der Waals surface area contributed by atoms with Crippen LogP contribution in [0.2, 0.25) is 0 Å². The third kappa shape index (κ3) is 5.00. The molecule has 0 bridgehead atoms. The van der Waals surface area contributed by atoms with Crippen LogP contribution in [0.3, 0.4) is 0 Å². The Morgan fingerprint density at radius 2 is 1.73 bits per heavy atom. The number of ether oxygens (including phenoxy) is 4. The van der Waals surface area contributed by atoms with Gasteiger partial charge in [-0.25, -0.2) is 0 Å². The lowest BCUT2D eigenvalue weighted by molar-refractivity contribution is -0.190. The van der Waals surface area contributed by atoms with Crippen molar-refractivity contribution in [3.8, 4) is 0 Å². The van der Waals surface area contributed by atoms with Crippen molar-refractivity contribution in [3.63, 3.8) is 0 Å². The Morgan fingerprint density at radius 3 is 2.33 bits per heavy atom. The van der Waals surface area contributed by atoms with E-state index in [0.29, 0.717) is 24.5 Å². The lowest BCUT2D eigenvalue weighted by atomic mass is 9.74. The number of epoxide rings is 1. The van der Waals surface area contributed by atoms with E-state index >= 15 is 0 Å². The molecule has 5 rings (SSSR count). The van der Waals surface area contributed by atoms with Crippen LogP contribution in [-0.2, 0) is 44.5 Å². The zero-order valence-electron chi connectivity index (χ0n) is 24.2. The molecule has 1 spiro atoms. The van der Waals surface area contributed by atoms with Crippen LogP contribution < -0.4 is 0 Å². The third-order valence-corrected chi connectivity index (χ3v) is 9.71. The summed E-state index contributed by atoms with van der Waals surface area (Å²) in [6.45, 7) is 11.0. The highest BCUT2D eigenvalue weighted by Crippen LogP contribution is 2.64. The molecule has 2 saturated carbocycles. The van der Waals surface area contributed by atoms with Gasteiger partial charge in [-0.3, -0.25) is 19.2 Å². The first-order chi connectivity index (χ1) is 18.8. The molecule has 4 aliphatic rings. The number of fused-ring (bicyclic) bond motifs is 2. The molecule has 0 aromatic heterocycles. The summed E-state index contributed by atoms with van der Waals surface area (Å²) in [4.78, 5) is 52.9. The third-order valence-electron chi connectivity index (χ3n) is 9.71. The van der Waals surface area contributed by atoms with Gasteiger partial charge in [-0.1, -0.05) is 57.2 Å². The largest absolute Gasteiger partial charge is 0.461 e. The molecule has 0 amide bonds. The first-order valence-corrected chi connectivity index (χ1v) is 14.3. The monoisotopic (exact) mass is 552 g/mol. The number of allylic oxidation sites excluding steroid dienone is 1. The van der Waals surface area contributed by atoms with Gasteiger partial charge in [0.25, 0.3) is 0 Å². The van der Waals surface area contributed by atoms with E-state index in [9.17, 15) is 19.2 Å². The van der Waals surface area contributed by atoms with Crippen molar-refractivity contribution in [1.29, 1.82) is 0 Å². The topological polar surface area (TPSA) is 108 Å². The van der Waals surface area contributed by atoms with Crippen molar-refractivity contribution >= 4 is 23.7 Å². The molecule has 1 aromatic rings. The summed E-state index contributed by atoms with van der Waals surface area (Å²) in [7, 11) is 0. The van der Waals surface area contributed by atoms with Gasteiger partial charge in [-0.2, -0.15) is 0 Å². The summed E-state index contributed by atoms with van der Waals surface area (Å²) in [5.41, 5.74) is -1.22. The number of benzene rings is 1. The Hall–Kier alpha value is -3.00. The van der Waals surface area contributed by atoms with Crippen molar-refractivity contribution in [2.24, 2.45) is 29.1 Å². The maximum absolute atomic E-state index is 14.5. The van der Waals surface area contributed by atoms with Gasteiger partial charge in [0.15, 0.2) is 5.60 Å². The molecule has 0 radical (unpaired) electrons. The molecule has 8 nitrogen and oxygen atoms in total. The minimum Gasteiger partial charge on any atom is -0.461 e. The highest BCUT2D eigenvalue weighted by atomic mass is 16.6. The average Bonchev–Trinajstić information content (AvgIpc) is 3.73. The van der Waals surface area contributed by atoms with Gasteiger partial charge < -0.3 is 18.9 Å². The fourth-order valence-electron chi connectivity index (χ4n) is 7.55. The Labute approximate surface area is 235 Å². The molecule has 3 fully saturated rings. The van der Waals surface area contributed by atoms with Gasteiger partial charge in [0, 0.05) is 20.3 Å². The number of Topliss-reactive ketones (excluding diaryl/α,β-unsaturated/α-hetero) is 1. The second-order valence-electron chi connectivity index (χ2n) is 12.9. The smallest absolute Gasteiger partial charge is 0.310 e. The number of hydrogen-bond acceptors (Lipinski definition) is 8. The van der Waals surface area contributed by atoms with Crippen LogP contribution in [0, 0.1) is 29.1 Å². The van der Waals surface area contributed by atoms with E-state index in [-0.39, 0.29) is 35.9 Å². The Kier molecular flexibility index (Phi) is 7.22.